The summed E-state index contributed by atoms with van der Waals surface area (Å²) < 4.78 is 30.8. The van der Waals surface area contributed by atoms with Crippen molar-refractivity contribution in [2.75, 3.05) is 13.2 Å². The molecular formula is C12H23O8P. The molecule has 8 nitrogen and oxygen atoms in total. The van der Waals surface area contributed by atoms with Gasteiger partial charge in [-0.3, -0.25) is 18.6 Å². The van der Waals surface area contributed by atoms with Crippen LogP contribution in [0.2, 0.25) is 0 Å². The molecule has 1 N–H and O–H groups in total. The van der Waals surface area contributed by atoms with Gasteiger partial charge in [-0.05, 0) is 13.8 Å². The first-order valence-electron chi connectivity index (χ1n) is 6.71. The van der Waals surface area contributed by atoms with Crippen molar-refractivity contribution in [2.24, 2.45) is 0 Å². The second-order valence-corrected chi connectivity index (χ2v) is 5.78. The van der Waals surface area contributed by atoms with Gasteiger partial charge >= 0.3 is 19.8 Å². The molecule has 0 aromatic rings. The summed E-state index contributed by atoms with van der Waals surface area (Å²) in [5, 5.41) is 0. The highest BCUT2D eigenvalue weighted by Gasteiger charge is 2.26. The van der Waals surface area contributed by atoms with Gasteiger partial charge < -0.3 is 14.4 Å². The molecule has 0 aromatic heterocycles. The summed E-state index contributed by atoms with van der Waals surface area (Å²) in [7, 11) is -4.31. The highest BCUT2D eigenvalue weighted by molar-refractivity contribution is 7.47. The topological polar surface area (TPSA) is 108 Å². The number of hydrogen-bond acceptors (Lipinski definition) is 7. The Kier molecular flexibility index (Phi) is 9.44. The summed E-state index contributed by atoms with van der Waals surface area (Å²) in [6.07, 6.45) is -1.06. The molecule has 0 saturated heterocycles. The smallest absolute Gasteiger partial charge is 0.463 e. The maximum Gasteiger partial charge on any atom is 0.472 e. The van der Waals surface area contributed by atoms with E-state index < -0.39 is 32.0 Å². The second kappa shape index (κ2) is 9.89. The molecule has 3 atom stereocenters. The van der Waals surface area contributed by atoms with Gasteiger partial charge in [-0.15, -0.1) is 0 Å². The lowest BCUT2D eigenvalue weighted by Crippen LogP contribution is -2.21. The standard InChI is InChI=1S/C12H23O8P/c1-5-11(13)17-7-10(4)20-21(15,16)18-8-9(3)19-12(14)6-2/h9-10H,5-8H2,1-4H3,(H,15,16). The summed E-state index contributed by atoms with van der Waals surface area (Å²) >= 11 is 0. The zero-order chi connectivity index (χ0) is 16.5. The Bertz CT molecular complexity index is 383. The monoisotopic (exact) mass is 326 g/mol. The van der Waals surface area contributed by atoms with Crippen LogP contribution in [-0.4, -0.2) is 42.3 Å². The van der Waals surface area contributed by atoms with Gasteiger partial charge in [-0.1, -0.05) is 13.8 Å². The lowest BCUT2D eigenvalue weighted by atomic mass is 10.4. The number of esters is 2. The molecule has 9 heteroatoms. The Labute approximate surface area is 124 Å². The lowest BCUT2D eigenvalue weighted by Gasteiger charge is -2.19. The minimum atomic E-state index is -4.31. The average Bonchev–Trinajstić information content (AvgIpc) is 2.42. The van der Waals surface area contributed by atoms with Crippen LogP contribution in [0.3, 0.4) is 0 Å². The van der Waals surface area contributed by atoms with Crippen molar-refractivity contribution in [2.45, 2.75) is 52.7 Å². The first kappa shape index (κ1) is 20.1. The van der Waals surface area contributed by atoms with Crippen molar-refractivity contribution in [3.8, 4) is 0 Å². The van der Waals surface area contributed by atoms with E-state index in [1.54, 1.807) is 13.8 Å². The van der Waals surface area contributed by atoms with E-state index in [-0.39, 0.29) is 26.1 Å². The molecule has 0 aliphatic heterocycles. The SMILES string of the molecule is CCC(=O)OCC(C)OP(=O)(O)OCC(C)OC(=O)CC. The molecule has 0 spiro atoms. The summed E-state index contributed by atoms with van der Waals surface area (Å²) in [5.74, 6) is -0.862. The predicted molar refractivity (Wildman–Crippen MR) is 73.4 cm³/mol. The van der Waals surface area contributed by atoms with Crippen molar-refractivity contribution in [1.82, 2.24) is 0 Å². The van der Waals surface area contributed by atoms with Gasteiger partial charge in [0.1, 0.15) is 18.8 Å². The molecule has 0 rings (SSSR count). The van der Waals surface area contributed by atoms with Crippen molar-refractivity contribution in [3.63, 3.8) is 0 Å². The molecule has 21 heavy (non-hydrogen) atoms. The van der Waals surface area contributed by atoms with E-state index in [0.29, 0.717) is 0 Å². The Morgan fingerprint density at radius 2 is 1.62 bits per heavy atom. The number of hydrogen-bond donors (Lipinski definition) is 1. The number of ether oxygens (including phenoxy) is 2. The zero-order valence-corrected chi connectivity index (χ0v) is 13.6. The molecule has 0 aliphatic rings. The van der Waals surface area contributed by atoms with Gasteiger partial charge in [0.05, 0.1) is 6.61 Å². The Morgan fingerprint density at radius 1 is 1.05 bits per heavy atom. The van der Waals surface area contributed by atoms with E-state index in [2.05, 4.69) is 0 Å². The fraction of sp³-hybridized carbons (Fsp3) is 0.833. The van der Waals surface area contributed by atoms with E-state index in [0.717, 1.165) is 0 Å². The molecule has 0 bridgehead atoms. The van der Waals surface area contributed by atoms with Crippen molar-refractivity contribution < 1.29 is 37.6 Å². The Hall–Kier alpha value is -0.950. The third-order valence-electron chi connectivity index (χ3n) is 2.17. The van der Waals surface area contributed by atoms with E-state index >= 15 is 0 Å². The molecule has 0 amide bonds. The van der Waals surface area contributed by atoms with Gasteiger partial charge in [0.25, 0.3) is 0 Å². The summed E-state index contributed by atoms with van der Waals surface area (Å²) in [4.78, 5) is 31.4. The number of carbonyl (C=O) groups excluding carboxylic acids is 2. The van der Waals surface area contributed by atoms with Gasteiger partial charge in [0.2, 0.25) is 0 Å². The molecule has 0 aromatic carbocycles. The quantitative estimate of drug-likeness (QED) is 0.478. The van der Waals surface area contributed by atoms with Crippen LogP contribution < -0.4 is 0 Å². The minimum absolute atomic E-state index is 0.152. The fourth-order valence-corrected chi connectivity index (χ4v) is 2.12. The normalized spacial score (nSPS) is 16.6. The molecule has 0 heterocycles. The van der Waals surface area contributed by atoms with Crippen molar-refractivity contribution >= 4 is 19.8 Å². The van der Waals surface area contributed by atoms with Crippen LogP contribution in [0.1, 0.15) is 40.5 Å². The Balaban J connectivity index is 4.09. The van der Waals surface area contributed by atoms with E-state index in [4.69, 9.17) is 18.5 Å². The average molecular weight is 326 g/mol. The van der Waals surface area contributed by atoms with Gasteiger partial charge in [0, 0.05) is 12.8 Å². The predicted octanol–water partition coefficient (Wildman–Crippen LogP) is 1.80. The van der Waals surface area contributed by atoms with Gasteiger partial charge in [0.15, 0.2) is 0 Å². The maximum absolute atomic E-state index is 11.6. The number of carbonyl (C=O) groups is 2. The van der Waals surface area contributed by atoms with E-state index in [9.17, 15) is 19.0 Å². The Morgan fingerprint density at radius 3 is 2.14 bits per heavy atom. The number of rotatable bonds is 10. The summed E-state index contributed by atoms with van der Waals surface area (Å²) in [5.41, 5.74) is 0. The summed E-state index contributed by atoms with van der Waals surface area (Å²) in [6, 6.07) is 0. The van der Waals surface area contributed by atoms with Crippen LogP contribution in [0.15, 0.2) is 0 Å². The minimum Gasteiger partial charge on any atom is -0.463 e. The van der Waals surface area contributed by atoms with Gasteiger partial charge in [-0.25, -0.2) is 4.57 Å². The van der Waals surface area contributed by atoms with Crippen LogP contribution in [0, 0.1) is 0 Å². The summed E-state index contributed by atoms with van der Waals surface area (Å²) in [6.45, 7) is 5.83. The number of phosphoric ester groups is 1. The molecule has 3 unspecified atom stereocenters. The third kappa shape index (κ3) is 10.4. The molecule has 0 radical (unpaired) electrons. The maximum atomic E-state index is 11.6. The molecule has 124 valence electrons. The molecule has 0 aliphatic carbocycles. The van der Waals surface area contributed by atoms with E-state index in [1.807, 2.05) is 0 Å². The highest BCUT2D eigenvalue weighted by Crippen LogP contribution is 2.44. The van der Waals surface area contributed by atoms with Crippen molar-refractivity contribution in [3.05, 3.63) is 0 Å². The molecular weight excluding hydrogens is 303 g/mol. The van der Waals surface area contributed by atoms with E-state index in [1.165, 1.54) is 13.8 Å². The van der Waals surface area contributed by atoms with Crippen LogP contribution in [0.25, 0.3) is 0 Å². The largest absolute Gasteiger partial charge is 0.472 e. The van der Waals surface area contributed by atoms with Crippen LogP contribution in [0.4, 0.5) is 0 Å². The number of phosphoric acid groups is 1. The lowest BCUT2D eigenvalue weighted by molar-refractivity contribution is -0.149. The first-order chi connectivity index (χ1) is 9.70. The van der Waals surface area contributed by atoms with Crippen molar-refractivity contribution in [1.29, 1.82) is 0 Å². The molecule has 0 fully saturated rings. The zero-order valence-electron chi connectivity index (χ0n) is 12.7. The van der Waals surface area contributed by atoms with Gasteiger partial charge in [-0.2, -0.15) is 0 Å². The van der Waals surface area contributed by atoms with Crippen LogP contribution in [0.5, 0.6) is 0 Å². The van der Waals surface area contributed by atoms with Crippen LogP contribution in [-0.2, 0) is 32.7 Å². The highest BCUT2D eigenvalue weighted by atomic mass is 31.2. The first-order valence-corrected chi connectivity index (χ1v) is 8.20. The fourth-order valence-electron chi connectivity index (χ4n) is 1.14. The molecule has 0 saturated carbocycles. The van der Waals surface area contributed by atoms with Crippen LogP contribution >= 0.6 is 7.82 Å². The third-order valence-corrected chi connectivity index (χ3v) is 3.28. The second-order valence-electron chi connectivity index (χ2n) is 4.37.